The lowest BCUT2D eigenvalue weighted by Crippen LogP contribution is -2.36. The molecule has 0 saturated heterocycles. The number of esters is 1. The molecular weight excluding hydrogens is 328 g/mol. The Morgan fingerprint density at radius 3 is 2.04 bits per heavy atom. The van der Waals surface area contributed by atoms with Crippen LogP contribution < -0.4 is 14.8 Å². The summed E-state index contributed by atoms with van der Waals surface area (Å²) < 4.78 is 15.0. The minimum absolute atomic E-state index is 0.276. The summed E-state index contributed by atoms with van der Waals surface area (Å²) in [4.78, 5) is 37.1. The van der Waals surface area contributed by atoms with E-state index >= 15 is 0 Å². The number of methoxy groups -OCH3 is 2. The van der Waals surface area contributed by atoms with E-state index in [1.807, 2.05) is 13.8 Å². The Morgan fingerprint density at radius 1 is 1.00 bits per heavy atom. The van der Waals surface area contributed by atoms with Crippen LogP contribution >= 0.6 is 0 Å². The number of ether oxygens (including phenoxy) is 3. The van der Waals surface area contributed by atoms with Crippen LogP contribution in [0.5, 0.6) is 11.5 Å². The van der Waals surface area contributed by atoms with Crippen LogP contribution in [0, 0.1) is 0 Å². The average Bonchev–Trinajstić information content (AvgIpc) is 2.64. The Morgan fingerprint density at radius 2 is 1.56 bits per heavy atom. The fourth-order valence-electron chi connectivity index (χ4n) is 2.05. The van der Waals surface area contributed by atoms with Gasteiger partial charge in [0.25, 0.3) is 11.8 Å². The molecule has 0 heterocycles. The first-order valence-electron chi connectivity index (χ1n) is 7.89. The molecule has 1 aromatic carbocycles. The van der Waals surface area contributed by atoms with Gasteiger partial charge in [-0.2, -0.15) is 0 Å². The maximum atomic E-state index is 12.1. The number of nitrogens with one attached hydrogen (secondary N) is 1. The fraction of sp³-hybridized carbons (Fsp3) is 0.471. The van der Waals surface area contributed by atoms with Crippen LogP contribution in [0.2, 0.25) is 0 Å². The van der Waals surface area contributed by atoms with E-state index < -0.39 is 11.9 Å². The molecule has 1 rings (SSSR count). The van der Waals surface area contributed by atoms with Gasteiger partial charge in [-0.3, -0.25) is 14.4 Å². The Balaban J connectivity index is 2.53. The van der Waals surface area contributed by atoms with Crippen molar-refractivity contribution < 1.29 is 28.6 Å². The first-order valence-corrected chi connectivity index (χ1v) is 7.89. The second-order valence-electron chi connectivity index (χ2n) is 5.01. The highest BCUT2D eigenvalue weighted by Crippen LogP contribution is 2.22. The molecule has 138 valence electrons. The highest BCUT2D eigenvalue weighted by molar-refractivity contribution is 5.96. The van der Waals surface area contributed by atoms with Gasteiger partial charge in [-0.15, -0.1) is 0 Å². The first-order chi connectivity index (χ1) is 11.9. The average molecular weight is 352 g/mol. The predicted molar refractivity (Wildman–Crippen MR) is 90.8 cm³/mol. The van der Waals surface area contributed by atoms with E-state index in [0.717, 1.165) is 0 Å². The first kappa shape index (κ1) is 20.3. The van der Waals surface area contributed by atoms with Gasteiger partial charge in [-0.1, -0.05) is 0 Å². The number of carbonyl (C=O) groups is 3. The van der Waals surface area contributed by atoms with E-state index in [9.17, 15) is 14.4 Å². The van der Waals surface area contributed by atoms with Gasteiger partial charge in [0, 0.05) is 24.7 Å². The molecule has 8 heteroatoms. The zero-order valence-corrected chi connectivity index (χ0v) is 15.0. The molecule has 0 spiro atoms. The maximum absolute atomic E-state index is 12.1. The molecule has 2 amide bonds. The fourth-order valence-corrected chi connectivity index (χ4v) is 2.05. The van der Waals surface area contributed by atoms with E-state index in [-0.39, 0.29) is 24.6 Å². The van der Waals surface area contributed by atoms with Crippen LogP contribution in [-0.4, -0.2) is 63.1 Å². The number of rotatable bonds is 9. The van der Waals surface area contributed by atoms with E-state index in [1.54, 1.807) is 11.0 Å². The number of hydrogen-bond donors (Lipinski definition) is 1. The number of nitrogens with zero attached hydrogens (tertiary/aromatic N) is 1. The summed E-state index contributed by atoms with van der Waals surface area (Å²) in [5, 5.41) is 2.43. The summed E-state index contributed by atoms with van der Waals surface area (Å²) in [6, 6.07) is 4.67. The maximum Gasteiger partial charge on any atom is 0.325 e. The van der Waals surface area contributed by atoms with Crippen molar-refractivity contribution in [1.82, 2.24) is 10.2 Å². The Bertz CT molecular complexity index is 591. The number of benzene rings is 1. The molecule has 0 unspecified atom stereocenters. The van der Waals surface area contributed by atoms with Crippen molar-refractivity contribution in [2.75, 3.05) is 40.5 Å². The summed E-state index contributed by atoms with van der Waals surface area (Å²) >= 11 is 0. The third-order valence-electron chi connectivity index (χ3n) is 3.48. The Kier molecular flexibility index (Phi) is 8.25. The van der Waals surface area contributed by atoms with Crippen LogP contribution in [0.15, 0.2) is 18.2 Å². The van der Waals surface area contributed by atoms with Crippen LogP contribution in [-0.2, 0) is 14.3 Å². The van der Waals surface area contributed by atoms with E-state index in [0.29, 0.717) is 24.6 Å². The van der Waals surface area contributed by atoms with E-state index in [4.69, 9.17) is 14.2 Å². The quantitative estimate of drug-likeness (QED) is 0.662. The van der Waals surface area contributed by atoms with Gasteiger partial charge in [0.1, 0.15) is 18.0 Å². The van der Waals surface area contributed by atoms with Gasteiger partial charge in [0.2, 0.25) is 0 Å². The number of amides is 2. The molecule has 1 N–H and O–H groups in total. The summed E-state index contributed by atoms with van der Waals surface area (Å²) in [6.45, 7) is 4.08. The van der Waals surface area contributed by atoms with Gasteiger partial charge < -0.3 is 24.4 Å². The predicted octanol–water partition coefficient (Wildman–Crippen LogP) is 0.845. The minimum Gasteiger partial charge on any atom is -0.497 e. The van der Waals surface area contributed by atoms with Crippen molar-refractivity contribution in [3.63, 3.8) is 0 Å². The largest absolute Gasteiger partial charge is 0.497 e. The summed E-state index contributed by atoms with van der Waals surface area (Å²) in [7, 11) is 2.95. The third-order valence-corrected chi connectivity index (χ3v) is 3.48. The highest BCUT2D eigenvalue weighted by atomic mass is 16.5. The monoisotopic (exact) mass is 352 g/mol. The Hall–Kier alpha value is -2.77. The van der Waals surface area contributed by atoms with Crippen molar-refractivity contribution in [3.8, 4) is 11.5 Å². The molecule has 0 aliphatic heterocycles. The smallest absolute Gasteiger partial charge is 0.325 e. The molecule has 0 fully saturated rings. The van der Waals surface area contributed by atoms with Crippen molar-refractivity contribution in [3.05, 3.63) is 23.8 Å². The second-order valence-corrected chi connectivity index (χ2v) is 5.01. The molecule has 0 aromatic heterocycles. The lowest BCUT2D eigenvalue weighted by Gasteiger charge is -2.18. The zero-order valence-electron chi connectivity index (χ0n) is 15.0. The van der Waals surface area contributed by atoms with Crippen LogP contribution in [0.4, 0.5) is 0 Å². The lowest BCUT2D eigenvalue weighted by molar-refractivity contribution is -0.151. The Labute approximate surface area is 147 Å². The molecule has 0 aliphatic carbocycles. The lowest BCUT2D eigenvalue weighted by atomic mass is 10.2. The molecule has 0 aliphatic rings. The van der Waals surface area contributed by atoms with Gasteiger partial charge in [-0.05, 0) is 26.0 Å². The third kappa shape index (κ3) is 6.33. The number of carbonyl (C=O) groups excluding carboxylic acids is 3. The van der Waals surface area contributed by atoms with Gasteiger partial charge in [0.15, 0.2) is 6.61 Å². The van der Waals surface area contributed by atoms with Crippen molar-refractivity contribution in [1.29, 1.82) is 0 Å². The van der Waals surface area contributed by atoms with Gasteiger partial charge in [0.05, 0.1) is 14.2 Å². The van der Waals surface area contributed by atoms with E-state index in [1.165, 1.54) is 26.4 Å². The normalized spacial score (nSPS) is 9.92. The summed E-state index contributed by atoms with van der Waals surface area (Å²) in [5.41, 5.74) is 0.281. The van der Waals surface area contributed by atoms with Gasteiger partial charge in [-0.25, -0.2) is 0 Å². The second kappa shape index (κ2) is 10.2. The number of likely N-dealkylation sites (N-methyl/N-ethyl adjacent to an activating group) is 1. The zero-order chi connectivity index (χ0) is 18.8. The molecule has 0 bridgehead atoms. The van der Waals surface area contributed by atoms with E-state index in [2.05, 4.69) is 5.32 Å². The standard InChI is InChI=1S/C17H24N2O6/c1-5-19(6-2)15(20)11-25-16(21)10-18-17(22)12-7-13(23-3)9-14(8-12)24-4/h7-9H,5-6,10-11H2,1-4H3,(H,18,22). The molecule has 8 nitrogen and oxygen atoms in total. The molecule has 0 saturated carbocycles. The molecule has 25 heavy (non-hydrogen) atoms. The van der Waals surface area contributed by atoms with Crippen molar-refractivity contribution >= 4 is 17.8 Å². The van der Waals surface area contributed by atoms with Crippen molar-refractivity contribution in [2.45, 2.75) is 13.8 Å². The number of hydrogen-bond acceptors (Lipinski definition) is 6. The highest BCUT2D eigenvalue weighted by Gasteiger charge is 2.15. The SMILES string of the molecule is CCN(CC)C(=O)COC(=O)CNC(=O)c1cc(OC)cc(OC)c1. The summed E-state index contributed by atoms with van der Waals surface area (Å²) in [6.07, 6.45) is 0. The topological polar surface area (TPSA) is 94.2 Å². The van der Waals surface area contributed by atoms with Crippen LogP contribution in [0.25, 0.3) is 0 Å². The molecular formula is C17H24N2O6. The van der Waals surface area contributed by atoms with Crippen LogP contribution in [0.1, 0.15) is 24.2 Å². The minimum atomic E-state index is -0.691. The summed E-state index contributed by atoms with van der Waals surface area (Å²) in [5.74, 6) is -0.538. The molecule has 0 radical (unpaired) electrons. The van der Waals surface area contributed by atoms with Gasteiger partial charge >= 0.3 is 5.97 Å². The van der Waals surface area contributed by atoms with Crippen LogP contribution in [0.3, 0.4) is 0 Å². The molecule has 0 atom stereocenters. The van der Waals surface area contributed by atoms with Crippen molar-refractivity contribution in [2.24, 2.45) is 0 Å². The molecule has 1 aromatic rings.